The van der Waals surface area contributed by atoms with Gasteiger partial charge in [-0.25, -0.2) is 0 Å². The maximum Gasteiger partial charge on any atom is 0.134 e. The monoisotopic (exact) mass is 406 g/mol. The molecule has 0 aliphatic rings. The quantitative estimate of drug-likeness (QED) is 0.550. The van der Waals surface area contributed by atoms with E-state index in [2.05, 4.69) is 24.1 Å². The number of furan rings is 1. The molecule has 1 aromatic heterocycles. The summed E-state index contributed by atoms with van der Waals surface area (Å²) in [6.07, 6.45) is 1.16. The van der Waals surface area contributed by atoms with Gasteiger partial charge in [-0.1, -0.05) is 37.6 Å². The van der Waals surface area contributed by atoms with E-state index in [1.54, 1.807) is 0 Å². The Hall–Kier alpha value is -0.710. The van der Waals surface area contributed by atoms with Crippen molar-refractivity contribution in [2.24, 2.45) is 0 Å². The maximum atomic E-state index is 6.18. The SMILES string of the molecule is CCN(CC)CCCNCc1ccc(-c2cccc(Cl)c2C)o1.Cl.Cl. The number of hydrogen-bond donors (Lipinski definition) is 1. The van der Waals surface area contributed by atoms with Gasteiger partial charge in [-0.05, 0) is 63.3 Å². The van der Waals surface area contributed by atoms with Crippen molar-refractivity contribution in [3.05, 3.63) is 46.7 Å². The Bertz CT molecular complexity index is 612. The van der Waals surface area contributed by atoms with Gasteiger partial charge in [0.15, 0.2) is 0 Å². The Balaban J connectivity index is 0.00000288. The highest BCUT2D eigenvalue weighted by Gasteiger charge is 2.09. The van der Waals surface area contributed by atoms with Gasteiger partial charge in [-0.15, -0.1) is 24.8 Å². The summed E-state index contributed by atoms with van der Waals surface area (Å²) in [4.78, 5) is 2.44. The number of nitrogens with one attached hydrogen (secondary N) is 1. The Morgan fingerprint density at radius 2 is 1.80 bits per heavy atom. The molecule has 1 N–H and O–H groups in total. The van der Waals surface area contributed by atoms with E-state index in [9.17, 15) is 0 Å². The molecule has 0 amide bonds. The van der Waals surface area contributed by atoms with Gasteiger partial charge in [0.25, 0.3) is 0 Å². The Morgan fingerprint density at radius 1 is 1.08 bits per heavy atom. The van der Waals surface area contributed by atoms with Crippen molar-refractivity contribution < 1.29 is 4.42 Å². The average Bonchev–Trinajstić information content (AvgIpc) is 3.02. The van der Waals surface area contributed by atoms with E-state index < -0.39 is 0 Å². The lowest BCUT2D eigenvalue weighted by Crippen LogP contribution is -2.27. The van der Waals surface area contributed by atoms with Crippen molar-refractivity contribution >= 4 is 36.4 Å². The molecule has 1 aromatic carbocycles. The third kappa shape index (κ3) is 7.20. The van der Waals surface area contributed by atoms with Crippen LogP contribution in [0.1, 0.15) is 31.6 Å². The van der Waals surface area contributed by atoms with E-state index in [0.717, 1.165) is 66.8 Å². The highest BCUT2D eigenvalue weighted by Crippen LogP contribution is 2.29. The van der Waals surface area contributed by atoms with Crippen molar-refractivity contribution in [3.8, 4) is 11.3 Å². The van der Waals surface area contributed by atoms with Crippen LogP contribution in [0.5, 0.6) is 0 Å². The van der Waals surface area contributed by atoms with Crippen molar-refractivity contribution in [1.82, 2.24) is 10.2 Å². The summed E-state index contributed by atoms with van der Waals surface area (Å²) in [5.74, 6) is 1.84. The van der Waals surface area contributed by atoms with Crippen molar-refractivity contribution in [3.63, 3.8) is 0 Å². The van der Waals surface area contributed by atoms with Gasteiger partial charge >= 0.3 is 0 Å². The molecule has 2 aromatic rings. The number of hydrogen-bond acceptors (Lipinski definition) is 3. The third-order valence-electron chi connectivity index (χ3n) is 4.22. The number of benzene rings is 1. The Morgan fingerprint density at radius 3 is 2.48 bits per heavy atom. The minimum absolute atomic E-state index is 0. The topological polar surface area (TPSA) is 28.4 Å². The molecule has 0 atom stereocenters. The molecule has 6 heteroatoms. The average molecular weight is 408 g/mol. The lowest BCUT2D eigenvalue weighted by atomic mass is 10.1. The Kier molecular flexibility index (Phi) is 12.3. The highest BCUT2D eigenvalue weighted by molar-refractivity contribution is 6.31. The van der Waals surface area contributed by atoms with Gasteiger partial charge in [-0.3, -0.25) is 0 Å². The molecule has 0 fully saturated rings. The summed E-state index contributed by atoms with van der Waals surface area (Å²) in [6, 6.07) is 9.96. The number of halogens is 3. The third-order valence-corrected chi connectivity index (χ3v) is 4.63. The van der Waals surface area contributed by atoms with Crippen LogP contribution in [0.3, 0.4) is 0 Å². The van der Waals surface area contributed by atoms with Crippen LogP contribution in [0.25, 0.3) is 11.3 Å². The highest BCUT2D eigenvalue weighted by atomic mass is 35.5. The fraction of sp³-hybridized carbons (Fsp3) is 0.474. The molecule has 3 nitrogen and oxygen atoms in total. The normalized spacial score (nSPS) is 10.4. The molecule has 0 bridgehead atoms. The molecule has 0 aliphatic heterocycles. The second-order valence-electron chi connectivity index (χ2n) is 5.74. The molecule has 25 heavy (non-hydrogen) atoms. The molecule has 0 radical (unpaired) electrons. The minimum Gasteiger partial charge on any atom is -0.460 e. The van der Waals surface area contributed by atoms with Crippen LogP contribution in [0.4, 0.5) is 0 Å². The second kappa shape index (κ2) is 12.6. The number of rotatable bonds is 9. The zero-order chi connectivity index (χ0) is 16.7. The van der Waals surface area contributed by atoms with Crippen LogP contribution in [-0.2, 0) is 6.54 Å². The molecule has 1 heterocycles. The first-order valence-electron chi connectivity index (χ1n) is 8.43. The van der Waals surface area contributed by atoms with Gasteiger partial charge in [0.1, 0.15) is 11.5 Å². The zero-order valence-corrected chi connectivity index (χ0v) is 17.6. The van der Waals surface area contributed by atoms with Crippen LogP contribution in [0, 0.1) is 6.92 Å². The standard InChI is InChI=1S/C19H27ClN2O.2ClH/c1-4-22(5-2)13-7-12-21-14-16-10-11-19(23-16)17-8-6-9-18(20)15(17)3;;/h6,8-11,21H,4-5,7,12-14H2,1-3H3;2*1H. The molecular formula is C19H29Cl3N2O. The molecule has 2 rings (SSSR count). The molecule has 0 aliphatic carbocycles. The minimum atomic E-state index is 0. The van der Waals surface area contributed by atoms with E-state index >= 15 is 0 Å². The van der Waals surface area contributed by atoms with Gasteiger partial charge < -0.3 is 14.6 Å². The zero-order valence-electron chi connectivity index (χ0n) is 15.2. The first kappa shape index (κ1) is 24.3. The summed E-state index contributed by atoms with van der Waals surface area (Å²) in [5.41, 5.74) is 2.12. The van der Waals surface area contributed by atoms with Crippen molar-refractivity contribution in [1.29, 1.82) is 0 Å². The summed E-state index contributed by atoms with van der Waals surface area (Å²) < 4.78 is 5.94. The predicted octanol–water partition coefficient (Wildman–Crippen LogP) is 5.57. The Labute approximate surface area is 168 Å². The van der Waals surface area contributed by atoms with Gasteiger partial charge in [-0.2, -0.15) is 0 Å². The fourth-order valence-electron chi connectivity index (χ4n) is 2.67. The largest absolute Gasteiger partial charge is 0.460 e. The van der Waals surface area contributed by atoms with Crippen LogP contribution in [0.15, 0.2) is 34.7 Å². The second-order valence-corrected chi connectivity index (χ2v) is 6.14. The van der Waals surface area contributed by atoms with Gasteiger partial charge in [0.2, 0.25) is 0 Å². The fourth-order valence-corrected chi connectivity index (χ4v) is 2.85. The van der Waals surface area contributed by atoms with Gasteiger partial charge in [0, 0.05) is 10.6 Å². The van der Waals surface area contributed by atoms with E-state index in [1.165, 1.54) is 0 Å². The smallest absolute Gasteiger partial charge is 0.134 e. The predicted molar refractivity (Wildman–Crippen MR) is 112 cm³/mol. The molecule has 0 saturated heterocycles. The summed E-state index contributed by atoms with van der Waals surface area (Å²) in [7, 11) is 0. The van der Waals surface area contributed by atoms with Crippen molar-refractivity contribution in [2.75, 3.05) is 26.2 Å². The molecule has 0 spiro atoms. The van der Waals surface area contributed by atoms with Gasteiger partial charge in [0.05, 0.1) is 6.54 Å². The molecular weight excluding hydrogens is 379 g/mol. The summed E-state index contributed by atoms with van der Waals surface area (Å²) in [5, 5.41) is 4.22. The van der Waals surface area contributed by atoms with Crippen molar-refractivity contribution in [2.45, 2.75) is 33.7 Å². The lowest BCUT2D eigenvalue weighted by Gasteiger charge is -2.17. The van der Waals surface area contributed by atoms with Crippen LogP contribution >= 0.6 is 36.4 Å². The lowest BCUT2D eigenvalue weighted by molar-refractivity contribution is 0.297. The van der Waals surface area contributed by atoms with E-state index in [-0.39, 0.29) is 24.8 Å². The van der Waals surface area contributed by atoms with Crippen LogP contribution in [-0.4, -0.2) is 31.1 Å². The molecule has 0 saturated carbocycles. The molecule has 142 valence electrons. The summed E-state index contributed by atoms with van der Waals surface area (Å²) >= 11 is 6.18. The van der Waals surface area contributed by atoms with E-state index in [0.29, 0.717) is 0 Å². The molecule has 0 unspecified atom stereocenters. The first-order valence-corrected chi connectivity index (χ1v) is 8.80. The van der Waals surface area contributed by atoms with Crippen LogP contribution in [0.2, 0.25) is 5.02 Å². The van der Waals surface area contributed by atoms with Crippen LogP contribution < -0.4 is 5.32 Å². The first-order chi connectivity index (χ1) is 11.2. The number of nitrogens with zero attached hydrogens (tertiary/aromatic N) is 1. The maximum absolute atomic E-state index is 6.18. The van der Waals surface area contributed by atoms with E-state index in [4.69, 9.17) is 16.0 Å². The summed E-state index contributed by atoms with van der Waals surface area (Å²) in [6.45, 7) is 11.6. The van der Waals surface area contributed by atoms with E-state index in [1.807, 2.05) is 37.3 Å².